The average Bonchev–Trinajstić information content (AvgIpc) is 3.32. The van der Waals surface area contributed by atoms with Gasteiger partial charge in [-0.15, -0.1) is 5.73 Å². The molecule has 122 valence electrons. The lowest BCUT2D eigenvalue weighted by Gasteiger charge is -2.64. The molecule has 7 rings (SSSR count). The summed E-state index contributed by atoms with van der Waals surface area (Å²) in [6, 6.07) is 0. The molecule has 0 N–H and O–H groups in total. The fraction of sp³-hybridized carbons (Fsp3) is 0.870. The van der Waals surface area contributed by atoms with Crippen LogP contribution in [0, 0.1) is 64.1 Å². The third kappa shape index (κ3) is 1.18. The molecule has 0 heterocycles. The van der Waals surface area contributed by atoms with Crippen LogP contribution in [0.15, 0.2) is 17.4 Å². The van der Waals surface area contributed by atoms with E-state index in [1.165, 1.54) is 61.7 Å². The fourth-order valence-electron chi connectivity index (χ4n) is 9.59. The quantitative estimate of drug-likeness (QED) is 0.522. The Morgan fingerprint density at radius 3 is 2.91 bits per heavy atom. The number of hydrogen-bond acceptors (Lipinski definition) is 0. The maximum Gasteiger partial charge on any atom is -0.0164 e. The lowest BCUT2D eigenvalue weighted by atomic mass is 9.41. The monoisotopic (exact) mass is 306 g/mol. The molecule has 7 aliphatic rings. The maximum atomic E-state index is 3.75. The van der Waals surface area contributed by atoms with Gasteiger partial charge in [0.05, 0.1) is 0 Å². The van der Waals surface area contributed by atoms with Crippen LogP contribution in [0.5, 0.6) is 0 Å². The third-order valence-electron chi connectivity index (χ3n) is 10.9. The van der Waals surface area contributed by atoms with Crippen LogP contribution in [-0.4, -0.2) is 0 Å². The second-order valence-electron chi connectivity index (χ2n) is 11.0. The Bertz CT molecular complexity index is 680. The van der Waals surface area contributed by atoms with Gasteiger partial charge < -0.3 is 0 Å². The molecule has 11 unspecified atom stereocenters. The first-order valence-electron chi connectivity index (χ1n) is 10.6. The van der Waals surface area contributed by atoms with E-state index in [1.54, 1.807) is 18.4 Å². The molecule has 23 heavy (non-hydrogen) atoms. The third-order valence-corrected chi connectivity index (χ3v) is 10.9. The first kappa shape index (κ1) is 12.8. The van der Waals surface area contributed by atoms with Gasteiger partial charge in [0, 0.05) is 0 Å². The topological polar surface area (TPSA) is 0 Å². The minimum atomic E-state index is 0.603. The second kappa shape index (κ2) is 3.55. The first-order valence-corrected chi connectivity index (χ1v) is 10.6. The Balaban J connectivity index is 1.34. The van der Waals surface area contributed by atoms with Gasteiger partial charge in [0.15, 0.2) is 0 Å². The Hall–Kier alpha value is -0.480. The zero-order valence-corrected chi connectivity index (χ0v) is 14.7. The summed E-state index contributed by atoms with van der Waals surface area (Å²) in [5.74, 6) is 10.3. The summed E-state index contributed by atoms with van der Waals surface area (Å²) < 4.78 is 0. The van der Waals surface area contributed by atoms with Crippen molar-refractivity contribution in [3.63, 3.8) is 0 Å². The minimum Gasteiger partial charge on any atom is -0.126 e. The van der Waals surface area contributed by atoms with Crippen molar-refractivity contribution in [2.75, 3.05) is 0 Å². The Morgan fingerprint density at radius 2 is 2.00 bits per heavy atom. The molecule has 7 aliphatic carbocycles. The van der Waals surface area contributed by atoms with Crippen molar-refractivity contribution in [2.24, 2.45) is 64.1 Å². The minimum absolute atomic E-state index is 0.603. The van der Waals surface area contributed by atoms with E-state index in [2.05, 4.69) is 25.7 Å². The molecule has 0 amide bonds. The van der Waals surface area contributed by atoms with Crippen molar-refractivity contribution in [2.45, 2.75) is 58.8 Å². The molecule has 0 nitrogen and oxygen atoms in total. The van der Waals surface area contributed by atoms with Crippen LogP contribution in [0.4, 0.5) is 0 Å². The summed E-state index contributed by atoms with van der Waals surface area (Å²) in [7, 11) is 0. The maximum absolute atomic E-state index is 3.75. The Morgan fingerprint density at radius 1 is 1.09 bits per heavy atom. The van der Waals surface area contributed by atoms with Gasteiger partial charge in [-0.05, 0) is 121 Å². The zero-order valence-electron chi connectivity index (χ0n) is 14.7. The molecule has 0 saturated heterocycles. The molecular formula is C23H30. The van der Waals surface area contributed by atoms with E-state index in [9.17, 15) is 0 Å². The zero-order chi connectivity index (χ0) is 15.1. The Labute approximate surface area is 140 Å². The molecule has 1 spiro atoms. The van der Waals surface area contributed by atoms with Crippen LogP contribution in [-0.2, 0) is 0 Å². The summed E-state index contributed by atoms with van der Waals surface area (Å²) in [6.07, 6.45) is 12.6. The highest BCUT2D eigenvalue weighted by molar-refractivity contribution is 5.42. The van der Waals surface area contributed by atoms with Crippen LogP contribution < -0.4 is 0 Å². The van der Waals surface area contributed by atoms with Gasteiger partial charge in [0.2, 0.25) is 0 Å². The molecule has 0 aromatic heterocycles. The molecule has 11 atom stereocenters. The van der Waals surface area contributed by atoms with Crippen LogP contribution >= 0.6 is 0 Å². The van der Waals surface area contributed by atoms with Gasteiger partial charge in [0.25, 0.3) is 0 Å². The van der Waals surface area contributed by atoms with Crippen molar-refractivity contribution >= 4 is 0 Å². The molecule has 2 bridgehead atoms. The number of fused-ring (bicyclic) bond motifs is 6. The summed E-state index contributed by atoms with van der Waals surface area (Å²) in [4.78, 5) is 0. The van der Waals surface area contributed by atoms with Gasteiger partial charge in [-0.1, -0.05) is 13.8 Å². The molecule has 0 aromatic carbocycles. The van der Waals surface area contributed by atoms with Crippen molar-refractivity contribution in [1.29, 1.82) is 0 Å². The standard InChI is InChI=1S/C23H30/c1-12-19-21-17-11-16-15-10-14(18(15)20(16)23(17,19)21)9-13-5-3-4-7-22(12,2)8-6-13/h3,12,14-21H,4,6-11H2,1-2H3. The summed E-state index contributed by atoms with van der Waals surface area (Å²) in [5, 5.41) is 0. The summed E-state index contributed by atoms with van der Waals surface area (Å²) in [6.45, 7) is 5.32. The smallest absolute Gasteiger partial charge is 0.0164 e. The molecule has 0 radical (unpaired) electrons. The lowest BCUT2D eigenvalue weighted by Crippen LogP contribution is -2.58. The van der Waals surface area contributed by atoms with E-state index in [4.69, 9.17) is 0 Å². The van der Waals surface area contributed by atoms with E-state index >= 15 is 0 Å². The van der Waals surface area contributed by atoms with E-state index in [0.29, 0.717) is 5.41 Å². The van der Waals surface area contributed by atoms with Gasteiger partial charge >= 0.3 is 0 Å². The highest BCUT2D eigenvalue weighted by Crippen LogP contribution is 2.99. The average molecular weight is 306 g/mol. The van der Waals surface area contributed by atoms with E-state index in [0.717, 1.165) is 29.1 Å². The fourth-order valence-corrected chi connectivity index (χ4v) is 9.59. The van der Waals surface area contributed by atoms with Crippen molar-refractivity contribution in [1.82, 2.24) is 0 Å². The summed E-state index contributed by atoms with van der Waals surface area (Å²) >= 11 is 0. The van der Waals surface area contributed by atoms with Crippen molar-refractivity contribution in [3.8, 4) is 0 Å². The highest BCUT2D eigenvalue weighted by atomic mass is 15.0. The second-order valence-corrected chi connectivity index (χ2v) is 11.0. The van der Waals surface area contributed by atoms with E-state index in [-0.39, 0.29) is 0 Å². The first-order chi connectivity index (χ1) is 11.2. The van der Waals surface area contributed by atoms with Gasteiger partial charge in [-0.25, -0.2) is 0 Å². The summed E-state index contributed by atoms with van der Waals surface area (Å²) in [5.41, 5.74) is 6.97. The van der Waals surface area contributed by atoms with Gasteiger partial charge in [0.1, 0.15) is 0 Å². The van der Waals surface area contributed by atoms with Crippen LogP contribution in [0.2, 0.25) is 0 Å². The number of hydrogen-bond donors (Lipinski definition) is 0. The predicted molar refractivity (Wildman–Crippen MR) is 91.5 cm³/mol. The van der Waals surface area contributed by atoms with E-state index < -0.39 is 0 Å². The molecule has 0 heteroatoms. The van der Waals surface area contributed by atoms with Crippen LogP contribution in [0.3, 0.4) is 0 Å². The van der Waals surface area contributed by atoms with Gasteiger partial charge in [-0.3, -0.25) is 0 Å². The van der Waals surface area contributed by atoms with Crippen LogP contribution in [0.1, 0.15) is 58.8 Å². The Kier molecular flexibility index (Phi) is 1.98. The van der Waals surface area contributed by atoms with Crippen molar-refractivity contribution < 1.29 is 0 Å². The molecule has 0 aliphatic heterocycles. The normalized spacial score (nSPS) is 69.1. The predicted octanol–water partition coefficient (Wildman–Crippen LogP) is 5.45. The number of allylic oxidation sites excluding steroid dienone is 1. The van der Waals surface area contributed by atoms with Gasteiger partial charge in [-0.2, -0.15) is 0 Å². The molecule has 6 fully saturated rings. The lowest BCUT2D eigenvalue weighted by molar-refractivity contribution is -0.156. The van der Waals surface area contributed by atoms with Crippen molar-refractivity contribution in [3.05, 3.63) is 17.4 Å². The highest BCUT2D eigenvalue weighted by Gasteiger charge is 2.96. The number of rotatable bonds is 0. The molecular weight excluding hydrogens is 276 g/mol. The SMILES string of the molecule is CC1C2C3C4CC5C6CC(CC7=C=CCCC1(C)CC7)C6C5C423. The molecule has 6 saturated carbocycles. The largest absolute Gasteiger partial charge is 0.126 e. The van der Waals surface area contributed by atoms with E-state index in [1.807, 2.05) is 0 Å². The van der Waals surface area contributed by atoms with Crippen LogP contribution in [0.25, 0.3) is 0 Å². The molecule has 0 aromatic rings.